The quantitative estimate of drug-likeness (QED) is 0.622. The molecule has 4 heteroatoms. The zero-order chi connectivity index (χ0) is 11.3. The van der Waals surface area contributed by atoms with Crippen LogP contribution in [-0.2, 0) is 10.8 Å². The molecule has 2 nitrogen and oxygen atoms in total. The zero-order valence-corrected chi connectivity index (χ0v) is 9.81. The number of hydrogen-bond donors (Lipinski definition) is 1. The Morgan fingerprint density at radius 2 is 1.81 bits per heavy atom. The summed E-state index contributed by atoms with van der Waals surface area (Å²) in [6.45, 7) is 0. The molecular weight excluding hydrogens is 242 g/mol. The molecule has 0 saturated heterocycles. The van der Waals surface area contributed by atoms with Crippen molar-refractivity contribution < 1.29 is 4.21 Å². The van der Waals surface area contributed by atoms with Gasteiger partial charge < -0.3 is 5.73 Å². The van der Waals surface area contributed by atoms with E-state index in [4.69, 9.17) is 17.3 Å². The molecule has 2 aromatic carbocycles. The molecule has 1 aliphatic rings. The van der Waals surface area contributed by atoms with E-state index >= 15 is 0 Å². The summed E-state index contributed by atoms with van der Waals surface area (Å²) >= 11 is 6.17. The second kappa shape index (κ2) is 3.34. The van der Waals surface area contributed by atoms with Gasteiger partial charge in [-0.1, -0.05) is 29.8 Å². The van der Waals surface area contributed by atoms with E-state index in [1.807, 2.05) is 24.3 Å². The van der Waals surface area contributed by atoms with Gasteiger partial charge in [-0.05, 0) is 18.2 Å². The number of nitrogens with two attached hydrogens (primary N) is 1. The van der Waals surface area contributed by atoms with Crippen LogP contribution >= 0.6 is 11.6 Å². The van der Waals surface area contributed by atoms with Gasteiger partial charge in [0.05, 0.1) is 31.3 Å². The van der Waals surface area contributed by atoms with Crippen molar-refractivity contribution in [2.45, 2.75) is 9.79 Å². The summed E-state index contributed by atoms with van der Waals surface area (Å²) in [6.07, 6.45) is 0. The molecule has 0 spiro atoms. The summed E-state index contributed by atoms with van der Waals surface area (Å²) < 4.78 is 12.2. The van der Waals surface area contributed by atoms with Crippen LogP contribution in [0.2, 0.25) is 5.02 Å². The second-order valence-electron chi connectivity index (χ2n) is 3.61. The van der Waals surface area contributed by atoms with E-state index in [0.717, 1.165) is 20.9 Å². The monoisotopic (exact) mass is 249 g/mol. The maximum atomic E-state index is 12.2. The minimum Gasteiger partial charge on any atom is -0.398 e. The Morgan fingerprint density at radius 1 is 1.06 bits per heavy atom. The van der Waals surface area contributed by atoms with Crippen LogP contribution in [-0.4, -0.2) is 4.21 Å². The Hall–Kier alpha value is -1.32. The SMILES string of the molecule is Nc1ccc2c(c1Cl)-c1ccccc1S2=O. The van der Waals surface area contributed by atoms with Crippen molar-refractivity contribution in [3.05, 3.63) is 41.4 Å². The lowest BCUT2D eigenvalue weighted by molar-refractivity contribution is 0.685. The van der Waals surface area contributed by atoms with E-state index in [-0.39, 0.29) is 0 Å². The molecular formula is C12H8ClNOS. The third kappa shape index (κ3) is 1.16. The van der Waals surface area contributed by atoms with E-state index in [1.165, 1.54) is 0 Å². The van der Waals surface area contributed by atoms with E-state index in [2.05, 4.69) is 0 Å². The summed E-state index contributed by atoms with van der Waals surface area (Å²) in [6, 6.07) is 11.0. The van der Waals surface area contributed by atoms with E-state index in [9.17, 15) is 4.21 Å². The first-order valence-corrected chi connectivity index (χ1v) is 6.32. The van der Waals surface area contributed by atoms with Gasteiger partial charge in [0, 0.05) is 11.1 Å². The minimum absolute atomic E-state index is 0.496. The Kier molecular flexibility index (Phi) is 2.06. The molecule has 0 aromatic heterocycles. The molecule has 2 N–H and O–H groups in total. The van der Waals surface area contributed by atoms with Gasteiger partial charge >= 0.3 is 0 Å². The summed E-state index contributed by atoms with van der Waals surface area (Å²) in [5.41, 5.74) is 8.03. The maximum Gasteiger partial charge on any atom is 0.0862 e. The van der Waals surface area contributed by atoms with Crippen molar-refractivity contribution >= 4 is 28.1 Å². The lowest BCUT2D eigenvalue weighted by Crippen LogP contribution is -1.90. The zero-order valence-electron chi connectivity index (χ0n) is 8.24. The van der Waals surface area contributed by atoms with Crippen molar-refractivity contribution in [2.75, 3.05) is 5.73 Å². The first-order valence-electron chi connectivity index (χ1n) is 4.79. The van der Waals surface area contributed by atoms with Gasteiger partial charge in [-0.2, -0.15) is 0 Å². The van der Waals surface area contributed by atoms with Crippen molar-refractivity contribution in [1.29, 1.82) is 0 Å². The molecule has 1 heterocycles. The van der Waals surface area contributed by atoms with E-state index < -0.39 is 10.8 Å². The molecule has 1 unspecified atom stereocenters. The first kappa shape index (κ1) is 9.87. The fourth-order valence-corrected chi connectivity index (χ4v) is 3.65. The topological polar surface area (TPSA) is 43.1 Å². The molecule has 2 aromatic rings. The summed E-state index contributed by atoms with van der Waals surface area (Å²) in [4.78, 5) is 1.56. The normalized spacial score (nSPS) is 16.9. The molecule has 0 aliphatic carbocycles. The van der Waals surface area contributed by atoms with Gasteiger partial charge in [0.1, 0.15) is 0 Å². The molecule has 3 rings (SSSR count). The minimum atomic E-state index is -1.13. The number of anilines is 1. The fourth-order valence-electron chi connectivity index (χ4n) is 1.93. The van der Waals surface area contributed by atoms with Gasteiger partial charge in [-0.15, -0.1) is 0 Å². The molecule has 0 amide bonds. The number of rotatable bonds is 0. The van der Waals surface area contributed by atoms with Crippen LogP contribution < -0.4 is 5.73 Å². The number of fused-ring (bicyclic) bond motifs is 3. The summed E-state index contributed by atoms with van der Waals surface area (Å²) in [5.74, 6) is 0. The second-order valence-corrected chi connectivity index (χ2v) is 5.40. The van der Waals surface area contributed by atoms with Crippen molar-refractivity contribution in [1.82, 2.24) is 0 Å². The molecule has 1 aliphatic heterocycles. The predicted molar refractivity (Wildman–Crippen MR) is 66.0 cm³/mol. The van der Waals surface area contributed by atoms with Crippen LogP contribution in [0.15, 0.2) is 46.2 Å². The van der Waals surface area contributed by atoms with Crippen LogP contribution in [0.1, 0.15) is 0 Å². The predicted octanol–water partition coefficient (Wildman–Crippen LogP) is 3.07. The third-order valence-corrected chi connectivity index (χ3v) is 4.59. The van der Waals surface area contributed by atoms with E-state index in [1.54, 1.807) is 12.1 Å². The molecule has 0 fully saturated rings. The van der Waals surface area contributed by atoms with Crippen molar-refractivity contribution in [3.63, 3.8) is 0 Å². The molecule has 0 saturated carbocycles. The van der Waals surface area contributed by atoms with Crippen molar-refractivity contribution in [2.24, 2.45) is 0 Å². The van der Waals surface area contributed by atoms with Gasteiger partial charge in [0.25, 0.3) is 0 Å². The number of benzene rings is 2. The third-order valence-electron chi connectivity index (χ3n) is 2.69. The van der Waals surface area contributed by atoms with Crippen LogP contribution in [0.4, 0.5) is 5.69 Å². The molecule has 80 valence electrons. The standard InChI is InChI=1S/C12H8ClNOS/c13-12-8(14)5-6-10-11(12)7-3-1-2-4-9(7)16(10)15/h1-6H,14H2. The van der Waals surface area contributed by atoms with Gasteiger partial charge in [-0.25, -0.2) is 4.21 Å². The number of hydrogen-bond acceptors (Lipinski definition) is 2. The Bertz CT molecular complexity index is 624. The highest BCUT2D eigenvalue weighted by molar-refractivity contribution is 7.85. The summed E-state index contributed by atoms with van der Waals surface area (Å²) in [5, 5.41) is 0.496. The Balaban J connectivity index is 2.44. The van der Waals surface area contributed by atoms with Gasteiger partial charge in [0.15, 0.2) is 0 Å². The average molecular weight is 250 g/mol. The lowest BCUT2D eigenvalue weighted by Gasteiger charge is -2.04. The number of nitrogen functional groups attached to an aromatic ring is 1. The highest BCUT2D eigenvalue weighted by atomic mass is 35.5. The first-order chi connectivity index (χ1) is 7.70. The smallest absolute Gasteiger partial charge is 0.0862 e. The molecule has 1 atom stereocenters. The Labute approximate surface area is 101 Å². The highest BCUT2D eigenvalue weighted by Gasteiger charge is 2.27. The lowest BCUT2D eigenvalue weighted by atomic mass is 10.1. The molecule has 0 radical (unpaired) electrons. The van der Waals surface area contributed by atoms with Crippen LogP contribution in [0.25, 0.3) is 11.1 Å². The van der Waals surface area contributed by atoms with Gasteiger partial charge in [-0.3, -0.25) is 0 Å². The average Bonchev–Trinajstić information content (AvgIpc) is 2.59. The van der Waals surface area contributed by atoms with Gasteiger partial charge in [0.2, 0.25) is 0 Å². The largest absolute Gasteiger partial charge is 0.398 e. The fraction of sp³-hybridized carbons (Fsp3) is 0. The van der Waals surface area contributed by atoms with E-state index in [0.29, 0.717) is 10.7 Å². The summed E-state index contributed by atoms with van der Waals surface area (Å²) in [7, 11) is -1.13. The molecule has 16 heavy (non-hydrogen) atoms. The van der Waals surface area contributed by atoms with Crippen molar-refractivity contribution in [3.8, 4) is 11.1 Å². The maximum absolute atomic E-state index is 12.2. The van der Waals surface area contributed by atoms with Crippen LogP contribution in [0, 0.1) is 0 Å². The number of halogens is 1. The highest BCUT2D eigenvalue weighted by Crippen LogP contribution is 2.46. The van der Waals surface area contributed by atoms with Crippen LogP contribution in [0.5, 0.6) is 0 Å². The Morgan fingerprint density at radius 3 is 2.62 bits per heavy atom. The molecule has 0 bridgehead atoms. The van der Waals surface area contributed by atoms with Crippen LogP contribution in [0.3, 0.4) is 0 Å².